The highest BCUT2D eigenvalue weighted by atomic mass is 79.9. The first-order valence-corrected chi connectivity index (χ1v) is 17.4. The number of hydrogen-bond donors (Lipinski definition) is 0. The van der Waals surface area contributed by atoms with Gasteiger partial charge in [0.15, 0.2) is 12.4 Å². The van der Waals surface area contributed by atoms with Gasteiger partial charge in [-0.2, -0.15) is 0 Å². The number of anilines is 1. The fourth-order valence-corrected chi connectivity index (χ4v) is 9.66. The average Bonchev–Trinajstić information content (AvgIpc) is 3.64. The zero-order valence-corrected chi connectivity index (χ0v) is 29.2. The first-order chi connectivity index (χ1) is 21.5. The van der Waals surface area contributed by atoms with Gasteiger partial charge in [-0.05, 0) is 85.3 Å². The van der Waals surface area contributed by atoms with Crippen LogP contribution in [0, 0.1) is 30.6 Å². The number of imide groups is 1. The minimum atomic E-state index is -0.662. The Morgan fingerprint density at radius 2 is 1.56 bits per heavy atom. The van der Waals surface area contributed by atoms with E-state index >= 15 is 0 Å². The van der Waals surface area contributed by atoms with Gasteiger partial charge in [0.25, 0.3) is 0 Å². The lowest BCUT2D eigenvalue weighted by atomic mass is 9.81. The first kappa shape index (κ1) is 30.7. The van der Waals surface area contributed by atoms with E-state index < -0.39 is 12.6 Å². The lowest BCUT2D eigenvalue weighted by Gasteiger charge is -2.28. The monoisotopic (exact) mass is 812 g/mol. The van der Waals surface area contributed by atoms with Crippen LogP contribution < -0.4 is 4.90 Å². The summed E-state index contributed by atoms with van der Waals surface area (Å²) in [7, 11) is 0. The van der Waals surface area contributed by atoms with Gasteiger partial charge < -0.3 is 4.74 Å². The molecule has 0 spiro atoms. The largest absolute Gasteiger partial charge is 0.454 e. The number of pyridine rings is 1. The molecule has 1 aliphatic heterocycles. The molecule has 2 amide bonds. The predicted molar refractivity (Wildman–Crippen MR) is 182 cm³/mol. The van der Waals surface area contributed by atoms with E-state index in [1.807, 2.05) is 13.0 Å². The molecule has 2 bridgehead atoms. The molecule has 2 heterocycles. The van der Waals surface area contributed by atoms with Crippen LogP contribution in [-0.4, -0.2) is 44.8 Å². The van der Waals surface area contributed by atoms with Crippen molar-refractivity contribution in [2.45, 2.75) is 23.0 Å². The second-order valence-corrected chi connectivity index (χ2v) is 15.2. The number of fused-ring (bicyclic) bond motifs is 6. The molecule has 7 nitrogen and oxygen atoms in total. The van der Waals surface area contributed by atoms with Crippen molar-refractivity contribution in [1.29, 1.82) is 0 Å². The third-order valence-corrected chi connectivity index (χ3v) is 13.1. The minimum Gasteiger partial charge on any atom is -0.454 e. The molecule has 3 aromatic carbocycles. The summed E-state index contributed by atoms with van der Waals surface area (Å²) in [6.07, 6.45) is 0.870. The molecule has 0 radical (unpaired) electrons. The highest BCUT2D eigenvalue weighted by Gasteiger charge is 2.66. The number of ketones is 1. The highest BCUT2D eigenvalue weighted by Crippen LogP contribution is 2.60. The second kappa shape index (κ2) is 11.7. The SMILES string of the molecule is Cc1cc(Br)cc2c(C(=O)OCC(=O)c3ccc(Cl)cc3)cc(-c3ccc(N4C(=O)C5C6CC(C(Br)C6Br)C5C4=O)cc3)nc12. The maximum Gasteiger partial charge on any atom is 0.339 e. The van der Waals surface area contributed by atoms with E-state index in [1.165, 1.54) is 4.90 Å². The number of benzene rings is 3. The fourth-order valence-electron chi connectivity index (χ4n) is 7.09. The Kier molecular flexibility index (Phi) is 7.99. The van der Waals surface area contributed by atoms with Crippen LogP contribution in [0.2, 0.25) is 5.02 Å². The number of ether oxygens (including phenoxy) is 1. The molecule has 1 saturated heterocycles. The number of carbonyl (C=O) groups is 4. The number of aromatic nitrogens is 1. The topological polar surface area (TPSA) is 93.6 Å². The molecule has 7 rings (SSSR count). The van der Waals surface area contributed by atoms with Crippen molar-refractivity contribution in [3.05, 3.63) is 92.9 Å². The highest BCUT2D eigenvalue weighted by molar-refractivity contribution is 9.12. The Balaban J connectivity index is 1.18. The first-order valence-electron chi connectivity index (χ1n) is 14.4. The summed E-state index contributed by atoms with van der Waals surface area (Å²) in [4.78, 5) is 59.7. The van der Waals surface area contributed by atoms with Gasteiger partial charge in [0.1, 0.15) is 0 Å². The van der Waals surface area contributed by atoms with Gasteiger partial charge in [-0.1, -0.05) is 71.5 Å². The molecule has 11 heteroatoms. The zero-order chi connectivity index (χ0) is 31.7. The molecular formula is C34H24Br3ClN2O5. The molecule has 6 atom stereocenters. The Labute approximate surface area is 289 Å². The third-order valence-electron chi connectivity index (χ3n) is 9.20. The number of nitrogens with zero attached hydrogens (tertiary/aromatic N) is 2. The van der Waals surface area contributed by atoms with Crippen LogP contribution in [0.5, 0.6) is 0 Å². The summed E-state index contributed by atoms with van der Waals surface area (Å²) in [6, 6.07) is 18.8. The summed E-state index contributed by atoms with van der Waals surface area (Å²) in [5, 5.41) is 1.08. The molecule has 2 saturated carbocycles. The molecule has 228 valence electrons. The van der Waals surface area contributed by atoms with Crippen molar-refractivity contribution in [1.82, 2.24) is 4.98 Å². The number of amides is 2. The summed E-state index contributed by atoms with van der Waals surface area (Å²) in [6.45, 7) is 1.46. The second-order valence-electron chi connectivity index (χ2n) is 11.7. The average molecular weight is 816 g/mol. The molecule has 45 heavy (non-hydrogen) atoms. The zero-order valence-electron chi connectivity index (χ0n) is 23.7. The van der Waals surface area contributed by atoms with Crippen molar-refractivity contribution >= 4 is 99.5 Å². The predicted octanol–water partition coefficient (Wildman–Crippen LogP) is 7.95. The van der Waals surface area contributed by atoms with E-state index in [-0.39, 0.29) is 56.5 Å². The Bertz CT molecular complexity index is 1880. The van der Waals surface area contributed by atoms with E-state index in [0.29, 0.717) is 38.4 Å². The van der Waals surface area contributed by atoms with Crippen molar-refractivity contribution < 1.29 is 23.9 Å². The van der Waals surface area contributed by atoms with Crippen molar-refractivity contribution in [2.75, 3.05) is 11.5 Å². The maximum atomic E-state index is 13.5. The quantitative estimate of drug-likeness (QED) is 0.0850. The van der Waals surface area contributed by atoms with E-state index in [1.54, 1.807) is 60.7 Å². The number of halogens is 4. The fraction of sp³-hybridized carbons (Fsp3) is 0.265. The van der Waals surface area contributed by atoms with Crippen molar-refractivity contribution in [3.8, 4) is 11.3 Å². The van der Waals surface area contributed by atoms with Crippen molar-refractivity contribution in [2.24, 2.45) is 23.7 Å². The molecule has 1 aromatic heterocycles. The van der Waals surface area contributed by atoms with Gasteiger partial charge in [-0.25, -0.2) is 9.78 Å². The van der Waals surface area contributed by atoms with Crippen LogP contribution in [0.3, 0.4) is 0 Å². The van der Waals surface area contributed by atoms with Crippen LogP contribution in [0.15, 0.2) is 71.2 Å². The number of Topliss-reactive ketones (excluding diaryl/α,β-unsaturated/α-hetero) is 1. The van der Waals surface area contributed by atoms with Gasteiger partial charge in [0, 0.05) is 35.7 Å². The third kappa shape index (κ3) is 5.18. The van der Waals surface area contributed by atoms with Crippen LogP contribution in [0.25, 0.3) is 22.2 Å². The number of aryl methyl sites for hydroxylation is 1. The van der Waals surface area contributed by atoms with Crippen molar-refractivity contribution in [3.63, 3.8) is 0 Å². The summed E-state index contributed by atoms with van der Waals surface area (Å²) >= 11 is 16.9. The van der Waals surface area contributed by atoms with E-state index in [4.69, 9.17) is 21.3 Å². The molecule has 6 unspecified atom stereocenters. The molecule has 0 N–H and O–H groups in total. The van der Waals surface area contributed by atoms with Crippen LogP contribution in [-0.2, 0) is 14.3 Å². The smallest absolute Gasteiger partial charge is 0.339 e. The van der Waals surface area contributed by atoms with Gasteiger partial charge in [-0.3, -0.25) is 19.3 Å². The van der Waals surface area contributed by atoms with Gasteiger partial charge in [0.2, 0.25) is 11.8 Å². The lowest BCUT2D eigenvalue weighted by Crippen LogP contribution is -2.37. The van der Waals surface area contributed by atoms with Gasteiger partial charge in [0.05, 0.1) is 34.3 Å². The van der Waals surface area contributed by atoms with E-state index in [0.717, 1.165) is 16.5 Å². The molecule has 3 fully saturated rings. The summed E-state index contributed by atoms with van der Waals surface area (Å²) in [5.41, 5.74) is 3.81. The molecule has 3 aliphatic rings. The number of hydrogen-bond acceptors (Lipinski definition) is 6. The molecule has 4 aromatic rings. The maximum absolute atomic E-state index is 13.5. The Morgan fingerprint density at radius 1 is 0.933 bits per heavy atom. The Hall–Kier alpha value is -2.92. The van der Waals surface area contributed by atoms with Gasteiger partial charge in [-0.15, -0.1) is 0 Å². The Morgan fingerprint density at radius 3 is 2.18 bits per heavy atom. The van der Waals surface area contributed by atoms with Crippen LogP contribution in [0.4, 0.5) is 5.69 Å². The number of esters is 1. The molecule has 2 aliphatic carbocycles. The standard InChI is InChI=1S/C34H24Br3ClN2O5/c1-15-10-18(35)11-21-22(34(44)45-14-26(41)17-2-6-19(38)7-3-17)13-25(39-31(15)21)16-4-8-20(9-5-16)40-32(42)27-23-12-24(28(27)33(40)43)30(37)29(23)36/h2-11,13,23-24,27-30H,12,14H2,1H3. The number of alkyl halides is 2. The summed E-state index contributed by atoms with van der Waals surface area (Å²) in [5.74, 6) is -1.63. The number of carbonyl (C=O) groups excluding carboxylic acids is 4. The molecular weight excluding hydrogens is 792 g/mol. The van der Waals surface area contributed by atoms with E-state index in [2.05, 4.69) is 47.8 Å². The van der Waals surface area contributed by atoms with Gasteiger partial charge >= 0.3 is 5.97 Å². The number of rotatable bonds is 6. The lowest BCUT2D eigenvalue weighted by molar-refractivity contribution is -0.123. The minimum absolute atomic E-state index is 0.134. The van der Waals surface area contributed by atoms with Crippen LogP contribution in [0.1, 0.15) is 32.7 Å². The van der Waals surface area contributed by atoms with Crippen LogP contribution >= 0.6 is 59.4 Å². The van der Waals surface area contributed by atoms with E-state index in [9.17, 15) is 19.2 Å². The normalized spacial score (nSPS) is 25.2. The summed E-state index contributed by atoms with van der Waals surface area (Å²) < 4.78 is 6.26.